The van der Waals surface area contributed by atoms with Crippen LogP contribution in [0.4, 0.5) is 11.5 Å². The number of likely N-dealkylation sites (N-methyl/N-ethyl adjacent to an activating group) is 1. The van der Waals surface area contributed by atoms with Crippen LogP contribution in [-0.4, -0.2) is 102 Å². The summed E-state index contributed by atoms with van der Waals surface area (Å²) in [6.45, 7) is 3.70. The molecule has 15 heteroatoms. The highest BCUT2D eigenvalue weighted by molar-refractivity contribution is 6.34. The van der Waals surface area contributed by atoms with Crippen LogP contribution >= 0.6 is 23.2 Å². The number of carboxylic acids is 1. The molecule has 0 radical (unpaired) electrons. The largest absolute Gasteiger partial charge is 0.481 e. The Morgan fingerprint density at radius 2 is 1.88 bits per heavy atom. The maximum atomic E-state index is 13.4. The van der Waals surface area contributed by atoms with E-state index in [-0.39, 0.29) is 40.9 Å². The Labute approximate surface area is 286 Å². The van der Waals surface area contributed by atoms with E-state index in [1.54, 1.807) is 29.0 Å². The summed E-state index contributed by atoms with van der Waals surface area (Å²) < 4.78 is 12.9. The third-order valence-corrected chi connectivity index (χ3v) is 9.36. The summed E-state index contributed by atoms with van der Waals surface area (Å²) in [5.74, 6) is -0.181. The second-order valence-corrected chi connectivity index (χ2v) is 13.0. The molecule has 2 fully saturated rings. The molecule has 0 spiro atoms. The highest BCUT2D eigenvalue weighted by Crippen LogP contribution is 2.36. The number of halogens is 2. The molecule has 2 N–H and O–H groups in total. The standard InChI is InChI=1S/C33H35Cl2N7O6/c1-18(43)37-19-9-21(17-48-32-25(34)6-8-30(38-32)47-4)41(13-19)28-11-27-23(10-26(28)35)31(44)24(33(45)46)16-42(27)20-5-7-29(36-12-20)40-14-22(15-40)39(2)3/h5-8,10-12,16,19,21-22H,9,13-15,17H2,1-4H3,(H,37,43)(H,45,46)/t19-,21+/m0/s1. The summed E-state index contributed by atoms with van der Waals surface area (Å²) in [4.78, 5) is 52.9. The van der Waals surface area contributed by atoms with Gasteiger partial charge in [0.25, 0.3) is 0 Å². The Kier molecular flexibility index (Phi) is 9.37. The molecule has 3 aromatic heterocycles. The number of hydrogen-bond donors (Lipinski definition) is 2. The van der Waals surface area contributed by atoms with E-state index in [0.717, 1.165) is 18.9 Å². The second-order valence-electron chi connectivity index (χ2n) is 12.2. The SMILES string of the molecule is COc1ccc(Cl)c(OC[C@H]2C[C@H](NC(C)=O)CN2c2cc3c(cc2Cl)c(=O)c(C(=O)O)cn3-c2ccc(N3CC(N(C)C)C3)nc2)n1. The van der Waals surface area contributed by atoms with Crippen molar-refractivity contribution in [3.63, 3.8) is 0 Å². The first-order chi connectivity index (χ1) is 22.9. The van der Waals surface area contributed by atoms with E-state index in [9.17, 15) is 19.5 Å². The number of aromatic nitrogens is 3. The number of amides is 1. The van der Waals surface area contributed by atoms with Gasteiger partial charge in [0.15, 0.2) is 0 Å². The number of hydrogen-bond acceptors (Lipinski definition) is 10. The molecule has 0 saturated carbocycles. The van der Waals surface area contributed by atoms with Crippen LogP contribution in [0.5, 0.6) is 11.8 Å². The molecule has 252 valence electrons. The highest BCUT2D eigenvalue weighted by Gasteiger charge is 2.35. The van der Waals surface area contributed by atoms with Gasteiger partial charge in [-0.1, -0.05) is 23.2 Å². The summed E-state index contributed by atoms with van der Waals surface area (Å²) in [7, 11) is 5.59. The normalized spacial score (nSPS) is 17.9. The molecule has 6 rings (SSSR count). The molecule has 1 aromatic carbocycles. The maximum absolute atomic E-state index is 13.4. The fourth-order valence-electron chi connectivity index (χ4n) is 6.16. The van der Waals surface area contributed by atoms with Gasteiger partial charge in [0.2, 0.25) is 23.1 Å². The van der Waals surface area contributed by atoms with E-state index < -0.39 is 17.0 Å². The Bertz CT molecular complexity index is 1930. The van der Waals surface area contributed by atoms with Gasteiger partial charge in [0.05, 0.1) is 41.3 Å². The topological polar surface area (TPSA) is 142 Å². The summed E-state index contributed by atoms with van der Waals surface area (Å²) in [5, 5.41) is 13.6. The van der Waals surface area contributed by atoms with Crippen LogP contribution in [0.3, 0.4) is 0 Å². The number of anilines is 2. The number of carboxylic acid groups (broad SMARTS) is 1. The van der Waals surface area contributed by atoms with Crippen molar-refractivity contribution in [1.29, 1.82) is 0 Å². The van der Waals surface area contributed by atoms with E-state index in [4.69, 9.17) is 32.7 Å². The smallest absolute Gasteiger partial charge is 0.341 e. The summed E-state index contributed by atoms with van der Waals surface area (Å²) >= 11 is 13.2. The van der Waals surface area contributed by atoms with Gasteiger partial charge in [0, 0.05) is 56.3 Å². The predicted octanol–water partition coefficient (Wildman–Crippen LogP) is 3.71. The molecule has 4 aromatic rings. The van der Waals surface area contributed by atoms with Crippen LogP contribution in [0.15, 0.2) is 53.6 Å². The molecule has 2 aliphatic heterocycles. The zero-order valence-corrected chi connectivity index (χ0v) is 28.3. The summed E-state index contributed by atoms with van der Waals surface area (Å²) in [5.41, 5.74) is 0.536. The summed E-state index contributed by atoms with van der Waals surface area (Å²) in [6, 6.07) is 10.2. The lowest BCUT2D eigenvalue weighted by Crippen LogP contribution is -2.57. The number of carbonyl (C=O) groups excluding carboxylic acids is 1. The van der Waals surface area contributed by atoms with Crippen LogP contribution in [0.25, 0.3) is 16.6 Å². The maximum Gasteiger partial charge on any atom is 0.341 e. The molecule has 1 amide bonds. The number of benzene rings is 1. The van der Waals surface area contributed by atoms with E-state index in [0.29, 0.717) is 46.8 Å². The van der Waals surface area contributed by atoms with Crippen LogP contribution in [0, 0.1) is 0 Å². The van der Waals surface area contributed by atoms with Crippen molar-refractivity contribution in [2.45, 2.75) is 31.5 Å². The molecule has 0 unspecified atom stereocenters. The number of fused-ring (bicyclic) bond motifs is 1. The lowest BCUT2D eigenvalue weighted by Gasteiger charge is -2.43. The van der Waals surface area contributed by atoms with Crippen molar-refractivity contribution in [2.75, 3.05) is 57.2 Å². The Morgan fingerprint density at radius 1 is 1.10 bits per heavy atom. The number of ether oxygens (including phenoxy) is 2. The Hall–Kier alpha value is -4.59. The molecule has 48 heavy (non-hydrogen) atoms. The van der Waals surface area contributed by atoms with Crippen molar-refractivity contribution in [1.82, 2.24) is 24.8 Å². The molecule has 13 nitrogen and oxygen atoms in total. The number of aromatic carboxylic acids is 1. The third kappa shape index (κ3) is 6.58. The third-order valence-electron chi connectivity index (χ3n) is 8.77. The average Bonchev–Trinajstić information content (AvgIpc) is 3.41. The van der Waals surface area contributed by atoms with Gasteiger partial charge in [-0.25, -0.2) is 9.78 Å². The first-order valence-corrected chi connectivity index (χ1v) is 16.1. The van der Waals surface area contributed by atoms with Crippen LogP contribution in [0.1, 0.15) is 23.7 Å². The molecule has 0 bridgehead atoms. The Morgan fingerprint density at radius 3 is 2.52 bits per heavy atom. The van der Waals surface area contributed by atoms with Crippen molar-refractivity contribution < 1.29 is 24.2 Å². The molecule has 2 aliphatic rings. The minimum absolute atomic E-state index is 0.141. The van der Waals surface area contributed by atoms with Gasteiger partial charge >= 0.3 is 5.97 Å². The van der Waals surface area contributed by atoms with Gasteiger partial charge in [-0.2, -0.15) is 4.98 Å². The number of methoxy groups -OCH3 is 1. The van der Waals surface area contributed by atoms with Gasteiger partial charge in [-0.05, 0) is 50.8 Å². The first kappa shape index (κ1) is 33.3. The van der Waals surface area contributed by atoms with E-state index in [2.05, 4.69) is 25.1 Å². The molecule has 2 saturated heterocycles. The van der Waals surface area contributed by atoms with Crippen molar-refractivity contribution in [2.24, 2.45) is 0 Å². The van der Waals surface area contributed by atoms with Crippen molar-refractivity contribution >= 4 is 57.5 Å². The van der Waals surface area contributed by atoms with Crippen LogP contribution < -0.4 is 30.0 Å². The monoisotopic (exact) mass is 695 g/mol. The number of pyridine rings is 3. The molecule has 0 aliphatic carbocycles. The molecule has 2 atom stereocenters. The zero-order chi connectivity index (χ0) is 34.3. The van der Waals surface area contributed by atoms with Gasteiger partial charge < -0.3 is 39.2 Å². The van der Waals surface area contributed by atoms with Crippen LogP contribution in [0.2, 0.25) is 10.0 Å². The highest BCUT2D eigenvalue weighted by atomic mass is 35.5. The zero-order valence-electron chi connectivity index (χ0n) is 26.8. The van der Waals surface area contributed by atoms with Crippen molar-refractivity contribution in [3.8, 4) is 17.4 Å². The minimum atomic E-state index is -1.35. The van der Waals surface area contributed by atoms with E-state index in [1.165, 1.54) is 26.3 Å². The van der Waals surface area contributed by atoms with Gasteiger partial charge in [-0.15, -0.1) is 0 Å². The average molecular weight is 697 g/mol. The Balaban J connectivity index is 1.39. The minimum Gasteiger partial charge on any atom is -0.481 e. The number of carbonyl (C=O) groups is 2. The summed E-state index contributed by atoms with van der Waals surface area (Å²) in [6.07, 6.45) is 3.50. The fourth-order valence-corrected chi connectivity index (χ4v) is 6.59. The quantitative estimate of drug-likeness (QED) is 0.251. The number of nitrogens with zero attached hydrogens (tertiary/aromatic N) is 6. The van der Waals surface area contributed by atoms with Gasteiger partial charge in [-0.3, -0.25) is 9.59 Å². The molecule has 5 heterocycles. The van der Waals surface area contributed by atoms with Crippen molar-refractivity contribution in [3.05, 3.63) is 74.6 Å². The van der Waals surface area contributed by atoms with E-state index in [1.807, 2.05) is 31.1 Å². The van der Waals surface area contributed by atoms with Gasteiger partial charge in [0.1, 0.15) is 23.0 Å². The lowest BCUT2D eigenvalue weighted by atomic mass is 10.1. The number of nitrogens with one attached hydrogen (secondary N) is 1. The van der Waals surface area contributed by atoms with Crippen LogP contribution in [-0.2, 0) is 4.79 Å². The van der Waals surface area contributed by atoms with E-state index >= 15 is 0 Å². The fraction of sp³-hybridized carbons (Fsp3) is 0.364. The number of rotatable bonds is 10. The first-order valence-electron chi connectivity index (χ1n) is 15.3. The molecular formula is C33H35Cl2N7O6. The predicted molar refractivity (Wildman–Crippen MR) is 184 cm³/mol. The second kappa shape index (κ2) is 13.5. The lowest BCUT2D eigenvalue weighted by molar-refractivity contribution is -0.119. The molecular weight excluding hydrogens is 661 g/mol.